The number of nitrogens with one attached hydrogen (secondary N) is 2. The van der Waals surface area contributed by atoms with E-state index in [-0.39, 0.29) is 0 Å². The van der Waals surface area contributed by atoms with Gasteiger partial charge in [-0.1, -0.05) is 20.8 Å². The molecule has 6 nitrogen and oxygen atoms in total. The van der Waals surface area contributed by atoms with Crippen LogP contribution < -0.4 is 15.4 Å². The molecule has 1 aromatic rings. The predicted molar refractivity (Wildman–Crippen MR) is 77.7 cm³/mol. The van der Waals surface area contributed by atoms with Crippen molar-refractivity contribution < 1.29 is 4.74 Å². The Kier molecular flexibility index (Phi) is 6.32. The standard InChI is InChI=1S/C13H25N5O/c1-6-14-11-16-12(15-8-10(5)9(3)4)18-13(17-11)19-7-2/h9-10H,6-8H2,1-5H3,(H2,14,15,16,17,18). The zero-order valence-electron chi connectivity index (χ0n) is 12.5. The van der Waals surface area contributed by atoms with Crippen molar-refractivity contribution in [3.05, 3.63) is 0 Å². The molecule has 0 saturated heterocycles. The molecule has 0 saturated carbocycles. The highest BCUT2D eigenvalue weighted by Gasteiger charge is 2.10. The summed E-state index contributed by atoms with van der Waals surface area (Å²) < 4.78 is 5.35. The fraction of sp³-hybridized carbons (Fsp3) is 0.769. The van der Waals surface area contributed by atoms with Crippen molar-refractivity contribution >= 4 is 11.9 Å². The Morgan fingerprint density at radius 3 is 2.16 bits per heavy atom. The molecular weight excluding hydrogens is 242 g/mol. The topological polar surface area (TPSA) is 72.0 Å². The SMILES string of the molecule is CCNc1nc(NCC(C)C(C)C)nc(OCC)n1. The van der Waals surface area contributed by atoms with Crippen molar-refractivity contribution in [2.24, 2.45) is 11.8 Å². The zero-order valence-corrected chi connectivity index (χ0v) is 12.5. The van der Waals surface area contributed by atoms with E-state index >= 15 is 0 Å². The van der Waals surface area contributed by atoms with E-state index in [2.05, 4.69) is 46.4 Å². The molecule has 0 radical (unpaired) electrons. The van der Waals surface area contributed by atoms with Crippen molar-refractivity contribution in [3.63, 3.8) is 0 Å². The maximum absolute atomic E-state index is 5.35. The zero-order chi connectivity index (χ0) is 14.3. The van der Waals surface area contributed by atoms with Gasteiger partial charge in [-0.25, -0.2) is 0 Å². The summed E-state index contributed by atoms with van der Waals surface area (Å²) in [6.45, 7) is 12.6. The molecule has 0 aliphatic carbocycles. The molecule has 2 N–H and O–H groups in total. The lowest BCUT2D eigenvalue weighted by Gasteiger charge is -2.16. The highest BCUT2D eigenvalue weighted by Crippen LogP contribution is 2.14. The summed E-state index contributed by atoms with van der Waals surface area (Å²) in [7, 11) is 0. The average molecular weight is 267 g/mol. The molecule has 0 spiro atoms. The molecule has 1 rings (SSSR count). The number of nitrogens with zero attached hydrogens (tertiary/aromatic N) is 3. The largest absolute Gasteiger partial charge is 0.464 e. The Morgan fingerprint density at radius 2 is 1.63 bits per heavy atom. The van der Waals surface area contributed by atoms with Crippen LogP contribution >= 0.6 is 0 Å². The molecule has 0 bridgehead atoms. The van der Waals surface area contributed by atoms with Crippen molar-refractivity contribution in [2.45, 2.75) is 34.6 Å². The highest BCUT2D eigenvalue weighted by atomic mass is 16.5. The van der Waals surface area contributed by atoms with Crippen molar-refractivity contribution in [2.75, 3.05) is 30.3 Å². The van der Waals surface area contributed by atoms with Gasteiger partial charge in [-0.2, -0.15) is 15.0 Å². The third-order valence-corrected chi connectivity index (χ3v) is 2.94. The van der Waals surface area contributed by atoms with Crippen molar-refractivity contribution in [3.8, 4) is 6.01 Å². The van der Waals surface area contributed by atoms with E-state index in [0.717, 1.165) is 13.1 Å². The number of rotatable bonds is 8. The molecular formula is C13H25N5O. The van der Waals surface area contributed by atoms with Gasteiger partial charge in [0.05, 0.1) is 6.61 Å². The normalized spacial score (nSPS) is 12.3. The fourth-order valence-corrected chi connectivity index (χ4v) is 1.35. The minimum absolute atomic E-state index is 0.355. The summed E-state index contributed by atoms with van der Waals surface area (Å²) in [5, 5.41) is 6.32. The van der Waals surface area contributed by atoms with Gasteiger partial charge >= 0.3 is 6.01 Å². The molecule has 1 aromatic heterocycles. The summed E-state index contributed by atoms with van der Waals surface area (Å²) in [6.07, 6.45) is 0. The van der Waals surface area contributed by atoms with E-state index in [4.69, 9.17) is 4.74 Å². The van der Waals surface area contributed by atoms with Gasteiger partial charge in [-0.3, -0.25) is 0 Å². The number of ether oxygens (including phenoxy) is 1. The maximum atomic E-state index is 5.35. The molecule has 1 atom stereocenters. The highest BCUT2D eigenvalue weighted by molar-refractivity contribution is 5.35. The van der Waals surface area contributed by atoms with Crippen LogP contribution in [0, 0.1) is 11.8 Å². The number of hydrogen-bond acceptors (Lipinski definition) is 6. The Hall–Kier alpha value is -1.59. The maximum Gasteiger partial charge on any atom is 0.323 e. The minimum Gasteiger partial charge on any atom is -0.464 e. The summed E-state index contributed by atoms with van der Waals surface area (Å²) in [4.78, 5) is 12.7. The van der Waals surface area contributed by atoms with Crippen LogP contribution in [0.3, 0.4) is 0 Å². The van der Waals surface area contributed by atoms with Gasteiger partial charge in [0.2, 0.25) is 11.9 Å². The van der Waals surface area contributed by atoms with E-state index in [0.29, 0.717) is 36.3 Å². The van der Waals surface area contributed by atoms with Crippen LogP contribution in [0.15, 0.2) is 0 Å². The summed E-state index contributed by atoms with van der Waals surface area (Å²) in [5.74, 6) is 2.27. The minimum atomic E-state index is 0.355. The van der Waals surface area contributed by atoms with Crippen LogP contribution in [0.2, 0.25) is 0 Å². The summed E-state index contributed by atoms with van der Waals surface area (Å²) in [6, 6.07) is 0.355. The summed E-state index contributed by atoms with van der Waals surface area (Å²) in [5.41, 5.74) is 0. The van der Waals surface area contributed by atoms with Gasteiger partial charge < -0.3 is 15.4 Å². The van der Waals surface area contributed by atoms with Gasteiger partial charge in [0.15, 0.2) is 0 Å². The molecule has 108 valence electrons. The molecule has 0 aromatic carbocycles. The Labute approximate surface area is 115 Å². The van der Waals surface area contributed by atoms with Crippen molar-refractivity contribution in [1.29, 1.82) is 0 Å². The van der Waals surface area contributed by atoms with Crippen LogP contribution in [0.5, 0.6) is 6.01 Å². The monoisotopic (exact) mass is 267 g/mol. The molecule has 1 heterocycles. The van der Waals surface area contributed by atoms with Gasteiger partial charge in [-0.05, 0) is 25.7 Å². The van der Waals surface area contributed by atoms with E-state index in [1.165, 1.54) is 0 Å². The Morgan fingerprint density at radius 1 is 1.00 bits per heavy atom. The van der Waals surface area contributed by atoms with Gasteiger partial charge in [0, 0.05) is 13.1 Å². The molecule has 0 aliphatic heterocycles. The Bertz CT molecular complexity index is 359. The second kappa shape index (κ2) is 7.76. The molecule has 0 amide bonds. The lowest BCUT2D eigenvalue weighted by molar-refractivity contribution is 0.312. The smallest absolute Gasteiger partial charge is 0.323 e. The number of aromatic nitrogens is 3. The second-order valence-electron chi connectivity index (χ2n) is 4.83. The first-order chi connectivity index (χ1) is 9.06. The van der Waals surface area contributed by atoms with Crippen molar-refractivity contribution in [1.82, 2.24) is 15.0 Å². The van der Waals surface area contributed by atoms with Crippen LogP contribution in [0.4, 0.5) is 11.9 Å². The van der Waals surface area contributed by atoms with Gasteiger partial charge in [0.25, 0.3) is 0 Å². The Balaban J connectivity index is 2.74. The van der Waals surface area contributed by atoms with Crippen LogP contribution in [0.1, 0.15) is 34.6 Å². The molecule has 0 fully saturated rings. The number of hydrogen-bond donors (Lipinski definition) is 2. The van der Waals surface area contributed by atoms with Crippen LogP contribution in [0.25, 0.3) is 0 Å². The second-order valence-corrected chi connectivity index (χ2v) is 4.83. The molecule has 0 aliphatic rings. The molecule has 6 heteroatoms. The van der Waals surface area contributed by atoms with E-state index < -0.39 is 0 Å². The molecule has 19 heavy (non-hydrogen) atoms. The van der Waals surface area contributed by atoms with E-state index in [9.17, 15) is 0 Å². The lowest BCUT2D eigenvalue weighted by atomic mass is 9.98. The first-order valence-corrected chi connectivity index (χ1v) is 6.93. The fourth-order valence-electron chi connectivity index (χ4n) is 1.35. The third-order valence-electron chi connectivity index (χ3n) is 2.94. The van der Waals surface area contributed by atoms with Gasteiger partial charge in [-0.15, -0.1) is 0 Å². The van der Waals surface area contributed by atoms with Gasteiger partial charge in [0.1, 0.15) is 0 Å². The van der Waals surface area contributed by atoms with Crippen LogP contribution in [-0.2, 0) is 0 Å². The van der Waals surface area contributed by atoms with Crippen LogP contribution in [-0.4, -0.2) is 34.6 Å². The predicted octanol–water partition coefficient (Wildman–Crippen LogP) is 2.41. The molecule has 1 unspecified atom stereocenters. The van der Waals surface area contributed by atoms with E-state index in [1.54, 1.807) is 0 Å². The first kappa shape index (κ1) is 15.5. The first-order valence-electron chi connectivity index (χ1n) is 6.93. The lowest BCUT2D eigenvalue weighted by Crippen LogP contribution is -2.18. The average Bonchev–Trinajstić information content (AvgIpc) is 2.36. The number of anilines is 2. The van der Waals surface area contributed by atoms with E-state index in [1.807, 2.05) is 13.8 Å². The summed E-state index contributed by atoms with van der Waals surface area (Å²) >= 11 is 0. The quantitative estimate of drug-likeness (QED) is 0.753. The third kappa shape index (κ3) is 5.28.